The molecule has 0 heterocycles. The fourth-order valence-corrected chi connectivity index (χ4v) is 5.05. The molecule has 0 saturated carbocycles. The van der Waals surface area contributed by atoms with Gasteiger partial charge in [-0.1, -0.05) is 0 Å². The topological polar surface area (TPSA) is 80.9 Å². The Kier molecular flexibility index (Phi) is 7.26. The van der Waals surface area contributed by atoms with Gasteiger partial charge in [-0.3, -0.25) is 0 Å². The molecular formula is H8O4P4Pd. The molecule has 0 saturated heterocycles. The summed E-state index contributed by atoms with van der Waals surface area (Å²) in [4.78, 5) is 34.4. The summed E-state index contributed by atoms with van der Waals surface area (Å²) in [6.45, 7) is -1.77. The van der Waals surface area contributed by atoms with Gasteiger partial charge in [-0.2, -0.15) is 0 Å². The first-order chi connectivity index (χ1) is 4.24. The molecule has 4 nitrogen and oxygen atoms in total. The van der Waals surface area contributed by atoms with Gasteiger partial charge in [0.2, 0.25) is 0 Å². The maximum absolute atomic E-state index is 8.61. The second-order valence-corrected chi connectivity index (χ2v) is 30.3. The molecule has 0 amide bonds. The molecule has 0 aliphatic rings. The third-order valence-electron chi connectivity index (χ3n) is 0.424. The Balaban J connectivity index is 3.82. The van der Waals surface area contributed by atoms with Gasteiger partial charge in [0.05, 0.1) is 0 Å². The number of hydrogen-bond acceptors (Lipinski definition) is 4. The van der Waals surface area contributed by atoms with Gasteiger partial charge < -0.3 is 0 Å². The molecule has 0 aromatic heterocycles. The molecular weight excluding hydrogens is 294 g/mol. The van der Waals surface area contributed by atoms with Gasteiger partial charge in [-0.05, 0) is 0 Å². The molecule has 9 heavy (non-hydrogen) atoms. The van der Waals surface area contributed by atoms with E-state index in [1.807, 2.05) is 0 Å². The summed E-state index contributed by atoms with van der Waals surface area (Å²) in [5.41, 5.74) is 0. The van der Waals surface area contributed by atoms with E-state index in [1.54, 1.807) is 0 Å². The van der Waals surface area contributed by atoms with Crippen LogP contribution in [0.15, 0.2) is 0 Å². The van der Waals surface area contributed by atoms with E-state index < -0.39 is 41.5 Å². The van der Waals surface area contributed by atoms with Crippen LogP contribution in [0.2, 0.25) is 0 Å². The van der Waals surface area contributed by atoms with E-state index in [0.717, 1.165) is 0 Å². The Bertz CT molecular complexity index is 55.5. The minimum atomic E-state index is -2.47. The molecule has 9 heteroatoms. The molecule has 4 atom stereocenters. The van der Waals surface area contributed by atoms with Gasteiger partial charge in [-0.25, -0.2) is 0 Å². The molecule has 0 aliphatic carbocycles. The minimum absolute atomic E-state index is 0.444. The molecule has 0 aromatic carbocycles. The summed E-state index contributed by atoms with van der Waals surface area (Å²) >= 11 is -2.47. The van der Waals surface area contributed by atoms with Crippen LogP contribution in [0, 0.1) is 0 Å². The number of hydrogen-bond donors (Lipinski definition) is 4. The van der Waals surface area contributed by atoms with Gasteiger partial charge in [-0.15, -0.1) is 0 Å². The predicted octanol–water partition coefficient (Wildman–Crippen LogP) is 0.144. The molecule has 0 rings (SSSR count). The molecule has 0 radical (unpaired) electrons. The van der Waals surface area contributed by atoms with Crippen LogP contribution in [-0.4, -0.2) is 19.6 Å². The van der Waals surface area contributed by atoms with Crippen molar-refractivity contribution in [1.29, 1.82) is 0 Å². The first-order valence-electron chi connectivity index (χ1n) is 1.53. The Hall–Kier alpha value is 2.22. The quantitative estimate of drug-likeness (QED) is 0.440. The van der Waals surface area contributed by atoms with Crippen LogP contribution < -0.4 is 0 Å². The van der Waals surface area contributed by atoms with E-state index in [4.69, 9.17) is 19.6 Å². The molecule has 4 unspecified atom stereocenters. The van der Waals surface area contributed by atoms with Crippen molar-refractivity contribution >= 4 is 28.0 Å². The zero-order chi connectivity index (χ0) is 7.33. The average molecular weight is 302 g/mol. The van der Waals surface area contributed by atoms with Crippen molar-refractivity contribution in [2.45, 2.75) is 0 Å². The number of rotatable bonds is 4. The zero-order valence-corrected chi connectivity index (χ0v) is 9.66. The van der Waals surface area contributed by atoms with Crippen molar-refractivity contribution in [1.82, 2.24) is 0 Å². The Morgan fingerprint density at radius 2 is 0.889 bits per heavy atom. The molecule has 62 valence electrons. The average Bonchev–Trinajstić information content (AvgIpc) is 1.95. The fraction of sp³-hybridized carbons (Fsp3) is 0. The van der Waals surface area contributed by atoms with Crippen LogP contribution in [0.4, 0.5) is 0 Å². The Morgan fingerprint density at radius 1 is 0.667 bits per heavy atom. The van der Waals surface area contributed by atoms with E-state index in [0.29, 0.717) is 0 Å². The molecule has 0 spiro atoms. The van der Waals surface area contributed by atoms with E-state index in [9.17, 15) is 0 Å². The molecule has 0 aromatic rings. The summed E-state index contributed by atoms with van der Waals surface area (Å²) < 4.78 is 0. The van der Waals surface area contributed by atoms with Crippen LogP contribution in [0.25, 0.3) is 0 Å². The predicted molar refractivity (Wildman–Crippen MR) is 42.1 cm³/mol. The Morgan fingerprint density at radius 3 is 0.889 bits per heavy atom. The van der Waals surface area contributed by atoms with Gasteiger partial charge >= 0.3 is 61.1 Å². The maximum atomic E-state index is 8.61. The van der Waals surface area contributed by atoms with Gasteiger partial charge in [0.25, 0.3) is 0 Å². The van der Waals surface area contributed by atoms with E-state index in [1.165, 1.54) is 0 Å². The van der Waals surface area contributed by atoms with Crippen molar-refractivity contribution in [2.75, 3.05) is 0 Å². The van der Waals surface area contributed by atoms with Crippen LogP contribution in [0.5, 0.6) is 0 Å². The van der Waals surface area contributed by atoms with Crippen LogP contribution in [0.3, 0.4) is 0 Å². The zero-order valence-electron chi connectivity index (χ0n) is 4.11. The monoisotopic (exact) mass is 302 g/mol. The first-order valence-corrected chi connectivity index (χ1v) is 13.9. The summed E-state index contributed by atoms with van der Waals surface area (Å²) in [5.74, 6) is 0. The fourth-order valence-electron chi connectivity index (χ4n) is 0.0949. The van der Waals surface area contributed by atoms with Gasteiger partial charge in [0.15, 0.2) is 0 Å². The van der Waals surface area contributed by atoms with Crippen molar-refractivity contribution in [3.63, 3.8) is 0 Å². The molecule has 0 fully saturated rings. The van der Waals surface area contributed by atoms with Gasteiger partial charge in [0, 0.05) is 0 Å². The summed E-state index contributed by atoms with van der Waals surface area (Å²) in [6, 6.07) is 0. The van der Waals surface area contributed by atoms with Crippen molar-refractivity contribution in [3.05, 3.63) is 0 Å². The van der Waals surface area contributed by atoms with Crippen molar-refractivity contribution in [2.24, 2.45) is 0 Å². The standard InChI is InChI=1S/4H2OP.Pd/c4*1-2;/h4*1-2H;/q4*-1;+4. The van der Waals surface area contributed by atoms with E-state index >= 15 is 0 Å². The third-order valence-corrected chi connectivity index (χ3v) is 22.6. The first kappa shape index (κ1) is 11.2. The summed E-state index contributed by atoms with van der Waals surface area (Å²) in [7, 11) is 0. The summed E-state index contributed by atoms with van der Waals surface area (Å²) in [5, 5.41) is 0. The second-order valence-electron chi connectivity index (χ2n) is 0.757. The van der Waals surface area contributed by atoms with Crippen molar-refractivity contribution < 1.29 is 33.1 Å². The summed E-state index contributed by atoms with van der Waals surface area (Å²) in [6.07, 6.45) is 0. The normalized spacial score (nSPS) is 26.2. The second kappa shape index (κ2) is 5.82. The molecule has 0 bridgehead atoms. The van der Waals surface area contributed by atoms with Crippen LogP contribution in [-0.2, 0) is 13.6 Å². The van der Waals surface area contributed by atoms with E-state index in [-0.39, 0.29) is 0 Å². The van der Waals surface area contributed by atoms with E-state index in [2.05, 4.69) is 0 Å². The van der Waals surface area contributed by atoms with Gasteiger partial charge in [0.1, 0.15) is 0 Å². The molecule has 0 aliphatic heterocycles. The van der Waals surface area contributed by atoms with Crippen molar-refractivity contribution in [3.8, 4) is 0 Å². The third kappa shape index (κ3) is 3.42. The Labute approximate surface area is 61.3 Å². The van der Waals surface area contributed by atoms with Crippen LogP contribution in [0.1, 0.15) is 0 Å². The SMILES string of the molecule is O[PH][Pd]([PH]O)([PH]O)[PH]O. The molecule has 4 N–H and O–H groups in total. The van der Waals surface area contributed by atoms with Crippen LogP contribution >= 0.6 is 28.0 Å².